The molecule has 0 N–H and O–H groups in total. The predicted molar refractivity (Wildman–Crippen MR) is 198 cm³/mol. The molecule has 61 heavy (non-hydrogen) atoms. The zero-order valence-corrected chi connectivity index (χ0v) is 35.3. The second-order valence-corrected chi connectivity index (χ2v) is 13.7. The van der Waals surface area contributed by atoms with E-state index in [0.717, 1.165) is 39.2 Å². The van der Waals surface area contributed by atoms with Gasteiger partial charge in [-0.3, -0.25) is 28.8 Å². The van der Waals surface area contributed by atoms with Crippen LogP contribution in [0.4, 0.5) is 0 Å². The molecule has 0 spiro atoms. The molecule has 6 heterocycles. The van der Waals surface area contributed by atoms with Gasteiger partial charge in [0.05, 0.1) is 67.2 Å². The number of carbonyl (C=O) groups excluding carboxylic acids is 10. The number of methoxy groups -OCH3 is 6. The third-order valence-corrected chi connectivity index (χ3v) is 9.90. The fraction of sp³-hybridized carbons (Fsp3) is 0.744. The van der Waals surface area contributed by atoms with Gasteiger partial charge in [-0.2, -0.15) is 0 Å². The average molecular weight is 877 g/mol. The Morgan fingerprint density at radius 3 is 1.74 bits per heavy atom. The van der Waals surface area contributed by atoms with Crippen LogP contribution in [0.1, 0.15) is 70.6 Å². The minimum Gasteiger partial charge on any atom is -0.469 e. The van der Waals surface area contributed by atoms with E-state index < -0.39 is 89.3 Å². The lowest BCUT2D eigenvalue weighted by Crippen LogP contribution is -2.56. The van der Waals surface area contributed by atoms with Crippen LogP contribution in [0.15, 0.2) is 0 Å². The summed E-state index contributed by atoms with van der Waals surface area (Å²) in [5.41, 5.74) is 0. The molecule has 0 aliphatic carbocycles. The topological polar surface area (TPSA) is 281 Å². The molecule has 7 atom stereocenters. The first-order valence-corrected chi connectivity index (χ1v) is 19.6. The Kier molecular flexibility index (Phi) is 23.1. The molecule has 22 nitrogen and oxygen atoms in total. The van der Waals surface area contributed by atoms with Crippen molar-refractivity contribution in [2.45, 2.75) is 88.6 Å². The van der Waals surface area contributed by atoms with Crippen LogP contribution in [0.25, 0.3) is 0 Å². The second kappa shape index (κ2) is 27.0. The fourth-order valence-corrected chi connectivity index (χ4v) is 6.64. The highest BCUT2D eigenvalue weighted by molar-refractivity contribution is 6.37. The van der Waals surface area contributed by atoms with Crippen LogP contribution in [-0.4, -0.2) is 153 Å². The van der Waals surface area contributed by atoms with Gasteiger partial charge in [0.25, 0.3) is 11.6 Å². The summed E-state index contributed by atoms with van der Waals surface area (Å²) in [7, 11) is 7.45. The fourth-order valence-electron chi connectivity index (χ4n) is 6.64. The van der Waals surface area contributed by atoms with Gasteiger partial charge in [-0.1, -0.05) is 0 Å². The molecule has 0 saturated carbocycles. The van der Waals surface area contributed by atoms with E-state index in [1.54, 1.807) is 0 Å². The maximum Gasteiger partial charge on any atom is 0.375 e. The minimum absolute atomic E-state index is 0.0359. The molecule has 0 radical (unpaired) electrons. The number of ketones is 1. The summed E-state index contributed by atoms with van der Waals surface area (Å²) >= 11 is 0. The number of rotatable bonds is 7. The third-order valence-electron chi connectivity index (χ3n) is 9.90. The number of hydrogen-bond donors (Lipinski definition) is 0. The first-order valence-electron chi connectivity index (χ1n) is 19.6. The Hall–Kier alpha value is -5.06. The van der Waals surface area contributed by atoms with Gasteiger partial charge in [-0.25, -0.2) is 19.2 Å². The van der Waals surface area contributed by atoms with Crippen LogP contribution in [0.3, 0.4) is 0 Å². The Morgan fingerprint density at radius 1 is 0.574 bits per heavy atom. The maximum absolute atomic E-state index is 11.7. The van der Waals surface area contributed by atoms with E-state index in [2.05, 4.69) is 37.9 Å². The first kappa shape index (κ1) is 52.1. The second-order valence-electron chi connectivity index (χ2n) is 13.7. The van der Waals surface area contributed by atoms with Crippen LogP contribution in [-0.2, 0) is 105 Å². The van der Waals surface area contributed by atoms with E-state index in [4.69, 9.17) is 18.9 Å². The van der Waals surface area contributed by atoms with E-state index >= 15 is 0 Å². The third kappa shape index (κ3) is 15.1. The number of Topliss-reactive ketones (excluding diaryl/α,β-unsaturated/α-hetero) is 1. The number of cyclic esters (lactones) is 4. The molecule has 6 saturated heterocycles. The van der Waals surface area contributed by atoms with Gasteiger partial charge in [0, 0.05) is 26.7 Å². The summed E-state index contributed by atoms with van der Waals surface area (Å²) in [6.07, 6.45) is 6.31. The highest BCUT2D eigenvalue weighted by Gasteiger charge is 2.55. The van der Waals surface area contributed by atoms with Crippen molar-refractivity contribution in [3.8, 4) is 0 Å². The van der Waals surface area contributed by atoms with Crippen LogP contribution in [0, 0.1) is 23.7 Å². The van der Waals surface area contributed by atoms with E-state index in [9.17, 15) is 47.9 Å². The van der Waals surface area contributed by atoms with E-state index in [0.29, 0.717) is 71.6 Å². The molecule has 6 aliphatic rings. The van der Waals surface area contributed by atoms with Gasteiger partial charge >= 0.3 is 53.7 Å². The Morgan fingerprint density at radius 2 is 1.20 bits per heavy atom. The molecule has 22 heteroatoms. The van der Waals surface area contributed by atoms with Gasteiger partial charge in [0.15, 0.2) is 12.2 Å². The SMILES string of the molecule is COC(=O)C(=O)C1CCCOC1=O.COC(=O)C1CCCOC1(OC)C(=O)OC.COC(=O)C1CCCOC1C(=O)OC.O=C1CCCCO1.O=C1OC(=O)C2OCCCC12. The molecular formula is C39H56O22. The predicted octanol–water partition coefficient (Wildman–Crippen LogP) is 0.490. The van der Waals surface area contributed by atoms with Crippen molar-refractivity contribution in [2.24, 2.45) is 23.7 Å². The zero-order chi connectivity index (χ0) is 45.5. The highest BCUT2D eigenvalue weighted by Crippen LogP contribution is 2.34. The minimum atomic E-state index is -1.67. The smallest absolute Gasteiger partial charge is 0.375 e. The van der Waals surface area contributed by atoms with Crippen LogP contribution in [0.5, 0.6) is 0 Å². The van der Waals surface area contributed by atoms with Gasteiger partial charge < -0.3 is 56.8 Å². The van der Waals surface area contributed by atoms with E-state index in [1.807, 2.05) is 0 Å². The number of fused-ring (bicyclic) bond motifs is 1. The number of esters is 9. The molecule has 6 fully saturated rings. The summed E-state index contributed by atoms with van der Waals surface area (Å²) in [5.74, 6) is -9.83. The molecule has 344 valence electrons. The van der Waals surface area contributed by atoms with E-state index in [-0.39, 0.29) is 11.9 Å². The van der Waals surface area contributed by atoms with Crippen molar-refractivity contribution in [1.29, 1.82) is 0 Å². The van der Waals surface area contributed by atoms with Crippen LogP contribution < -0.4 is 0 Å². The zero-order valence-electron chi connectivity index (χ0n) is 35.3. The molecule has 0 aromatic heterocycles. The molecular weight excluding hydrogens is 820 g/mol. The molecule has 0 aromatic carbocycles. The van der Waals surface area contributed by atoms with Crippen molar-refractivity contribution < 1.29 is 105 Å². The Bertz CT molecular complexity index is 1490. The molecule has 0 aromatic rings. The van der Waals surface area contributed by atoms with Crippen molar-refractivity contribution in [1.82, 2.24) is 0 Å². The first-order chi connectivity index (χ1) is 29.2. The summed E-state index contributed by atoms with van der Waals surface area (Å²) in [6, 6.07) is 0. The Labute approximate surface area is 352 Å². The summed E-state index contributed by atoms with van der Waals surface area (Å²) < 4.78 is 56.9. The molecule has 0 amide bonds. The van der Waals surface area contributed by atoms with Gasteiger partial charge in [-0.15, -0.1) is 0 Å². The van der Waals surface area contributed by atoms with Crippen molar-refractivity contribution >= 4 is 59.5 Å². The standard InChI is InChI=1S/C10H16O6.C9H14O5.C8H10O5.C7H8O4.C5H8O2/c1-13-8(11)7-5-4-6-16-10(7,15-3)9(12)14-2;1-12-8(10)6-4-3-5-14-7(6)9(11)13-2;1-12-8(11)6(9)5-3-2-4-13-7(5)10;8-6-4-2-1-3-10-5(4)7(9)11-6;6-5-3-1-2-4-7-5/h7H,4-6H2,1-3H3;6-7H,3-5H2,1-2H3;5H,2-4H2,1H3;4-5H,1-3H2;1-4H2. The van der Waals surface area contributed by atoms with Crippen LogP contribution in [0.2, 0.25) is 0 Å². The van der Waals surface area contributed by atoms with Gasteiger partial charge in [-0.05, 0) is 64.2 Å². The molecule has 6 aliphatic heterocycles. The molecule has 0 bridgehead atoms. The van der Waals surface area contributed by atoms with Gasteiger partial charge in [0.1, 0.15) is 11.8 Å². The molecule has 7 unspecified atom stereocenters. The number of carbonyl (C=O) groups is 10. The van der Waals surface area contributed by atoms with Crippen molar-refractivity contribution in [3.63, 3.8) is 0 Å². The molecule has 6 rings (SSSR count). The maximum atomic E-state index is 11.7. The lowest BCUT2D eigenvalue weighted by atomic mass is 9.90. The summed E-state index contributed by atoms with van der Waals surface area (Å²) in [6.45, 7) is 2.34. The lowest BCUT2D eigenvalue weighted by Gasteiger charge is -2.38. The van der Waals surface area contributed by atoms with Gasteiger partial charge in [0.2, 0.25) is 0 Å². The van der Waals surface area contributed by atoms with Crippen molar-refractivity contribution in [2.75, 3.05) is 75.7 Å². The normalized spacial score (nSPS) is 27.6. The van der Waals surface area contributed by atoms with Crippen molar-refractivity contribution in [3.05, 3.63) is 0 Å². The van der Waals surface area contributed by atoms with E-state index in [1.165, 1.54) is 35.5 Å². The monoisotopic (exact) mass is 876 g/mol. The summed E-state index contributed by atoms with van der Waals surface area (Å²) in [4.78, 5) is 111. The quantitative estimate of drug-likeness (QED) is 0.146. The number of ether oxygens (including phenoxy) is 12. The Balaban J connectivity index is 0.000000267. The largest absolute Gasteiger partial charge is 0.469 e. The average Bonchev–Trinajstić information content (AvgIpc) is 3.60. The van der Waals surface area contributed by atoms with Crippen LogP contribution >= 0.6 is 0 Å². The lowest BCUT2D eigenvalue weighted by molar-refractivity contribution is -0.271. The summed E-state index contributed by atoms with van der Waals surface area (Å²) in [5, 5.41) is 0. The number of hydrogen-bond acceptors (Lipinski definition) is 22. The highest BCUT2D eigenvalue weighted by atomic mass is 16.7.